The molecule has 0 spiro atoms. The fourth-order valence-corrected chi connectivity index (χ4v) is 2.51. The fourth-order valence-electron chi connectivity index (χ4n) is 1.52. The van der Waals surface area contributed by atoms with E-state index in [0.29, 0.717) is 11.3 Å². The van der Waals surface area contributed by atoms with E-state index in [1.54, 1.807) is 32.0 Å². The van der Waals surface area contributed by atoms with Crippen LogP contribution in [0.2, 0.25) is 0 Å². The van der Waals surface area contributed by atoms with E-state index in [4.69, 9.17) is 0 Å². The van der Waals surface area contributed by atoms with Crippen molar-refractivity contribution in [2.24, 2.45) is 0 Å². The van der Waals surface area contributed by atoms with Crippen molar-refractivity contribution in [3.05, 3.63) is 29.6 Å². The van der Waals surface area contributed by atoms with Crippen LogP contribution in [-0.2, 0) is 9.84 Å². The molecule has 0 aromatic heterocycles. The predicted octanol–water partition coefficient (Wildman–Crippen LogP) is 1.98. The highest BCUT2D eigenvalue weighted by molar-refractivity contribution is 7.90. The molecular weight excluding hydrogens is 229 g/mol. The van der Waals surface area contributed by atoms with Gasteiger partial charge in [0.05, 0.1) is 11.4 Å². The van der Waals surface area contributed by atoms with E-state index in [2.05, 4.69) is 5.32 Å². The van der Waals surface area contributed by atoms with Gasteiger partial charge in [-0.05, 0) is 25.5 Å². The van der Waals surface area contributed by atoms with E-state index in [9.17, 15) is 12.8 Å². The third-order valence-corrected chi connectivity index (χ3v) is 3.25. The molecule has 1 rings (SSSR count). The van der Waals surface area contributed by atoms with Crippen LogP contribution in [0.25, 0.3) is 0 Å². The van der Waals surface area contributed by atoms with Gasteiger partial charge in [0.15, 0.2) is 0 Å². The van der Waals surface area contributed by atoms with E-state index in [-0.39, 0.29) is 17.6 Å². The minimum atomic E-state index is -3.05. The van der Waals surface area contributed by atoms with Crippen LogP contribution in [0.15, 0.2) is 18.2 Å². The maximum Gasteiger partial charge on any atom is 0.149 e. The minimum absolute atomic E-state index is 0.0135. The van der Waals surface area contributed by atoms with Gasteiger partial charge in [-0.3, -0.25) is 0 Å². The highest BCUT2D eigenvalue weighted by atomic mass is 32.2. The van der Waals surface area contributed by atoms with Crippen LogP contribution in [0.5, 0.6) is 0 Å². The van der Waals surface area contributed by atoms with Crippen molar-refractivity contribution in [2.75, 3.05) is 17.3 Å². The van der Waals surface area contributed by atoms with Gasteiger partial charge in [-0.1, -0.05) is 12.1 Å². The van der Waals surface area contributed by atoms with Crippen LogP contribution < -0.4 is 5.32 Å². The lowest BCUT2D eigenvalue weighted by Gasteiger charge is -2.15. The molecule has 1 N–H and O–H groups in total. The van der Waals surface area contributed by atoms with Crippen molar-refractivity contribution in [1.82, 2.24) is 0 Å². The number of anilines is 1. The van der Waals surface area contributed by atoms with Gasteiger partial charge in [-0.2, -0.15) is 0 Å². The van der Waals surface area contributed by atoms with E-state index in [1.807, 2.05) is 0 Å². The fraction of sp³-hybridized carbons (Fsp3) is 0.455. The number of aryl methyl sites for hydroxylation is 1. The first-order valence-electron chi connectivity index (χ1n) is 4.99. The summed E-state index contributed by atoms with van der Waals surface area (Å²) in [5.74, 6) is -0.344. The summed E-state index contributed by atoms with van der Waals surface area (Å²) < 4.78 is 35.7. The smallest absolute Gasteiger partial charge is 0.149 e. The van der Waals surface area contributed by atoms with Crippen molar-refractivity contribution in [2.45, 2.75) is 19.9 Å². The van der Waals surface area contributed by atoms with Crippen LogP contribution in [0.1, 0.15) is 12.5 Å². The van der Waals surface area contributed by atoms with Gasteiger partial charge in [-0.25, -0.2) is 12.8 Å². The second-order valence-electron chi connectivity index (χ2n) is 4.07. The molecule has 0 fully saturated rings. The summed E-state index contributed by atoms with van der Waals surface area (Å²) in [6.07, 6.45) is 1.16. The number of halogens is 1. The summed E-state index contributed by atoms with van der Waals surface area (Å²) in [4.78, 5) is 0. The molecule has 0 amide bonds. The van der Waals surface area contributed by atoms with Gasteiger partial charge < -0.3 is 5.32 Å². The highest BCUT2D eigenvalue weighted by Gasteiger charge is 2.12. The summed E-state index contributed by atoms with van der Waals surface area (Å²) >= 11 is 0. The lowest BCUT2D eigenvalue weighted by molar-refractivity contribution is 0.596. The molecule has 0 aliphatic heterocycles. The summed E-state index contributed by atoms with van der Waals surface area (Å²) in [6, 6.07) is 4.68. The summed E-state index contributed by atoms with van der Waals surface area (Å²) in [7, 11) is -3.05. The SMILES string of the molecule is Cc1cccc(NC(C)CS(C)(=O)=O)c1F. The summed E-state index contributed by atoms with van der Waals surface area (Å²) in [6.45, 7) is 3.38. The van der Waals surface area contributed by atoms with Crippen LogP contribution in [0, 0.1) is 12.7 Å². The predicted molar refractivity (Wildman–Crippen MR) is 63.9 cm³/mol. The molecule has 16 heavy (non-hydrogen) atoms. The normalized spacial score (nSPS) is 13.5. The molecule has 1 atom stereocenters. The van der Waals surface area contributed by atoms with Crippen LogP contribution in [0.4, 0.5) is 10.1 Å². The molecule has 0 heterocycles. The summed E-state index contributed by atoms with van der Waals surface area (Å²) in [5.41, 5.74) is 0.882. The molecule has 90 valence electrons. The Balaban J connectivity index is 2.77. The lowest BCUT2D eigenvalue weighted by atomic mass is 10.2. The number of nitrogens with one attached hydrogen (secondary N) is 1. The molecule has 0 radical (unpaired) electrons. The number of benzene rings is 1. The van der Waals surface area contributed by atoms with Crippen molar-refractivity contribution in [1.29, 1.82) is 0 Å². The standard InChI is InChI=1S/C11H16FNO2S/c1-8-5-4-6-10(11(8)12)13-9(2)7-16(3,14)15/h4-6,9,13H,7H2,1-3H3. The first-order chi connectivity index (χ1) is 7.29. The van der Waals surface area contributed by atoms with Crippen LogP contribution >= 0.6 is 0 Å². The molecule has 3 nitrogen and oxygen atoms in total. The first kappa shape index (κ1) is 13.0. The van der Waals surface area contributed by atoms with Gasteiger partial charge in [-0.15, -0.1) is 0 Å². The van der Waals surface area contributed by atoms with Gasteiger partial charge >= 0.3 is 0 Å². The van der Waals surface area contributed by atoms with E-state index in [0.717, 1.165) is 6.26 Å². The average molecular weight is 245 g/mol. The number of hydrogen-bond acceptors (Lipinski definition) is 3. The number of rotatable bonds is 4. The Labute approximate surface area is 95.6 Å². The largest absolute Gasteiger partial charge is 0.379 e. The Morgan fingerprint density at radius 3 is 2.62 bits per heavy atom. The molecule has 0 saturated carbocycles. The molecule has 1 aromatic carbocycles. The molecule has 0 bridgehead atoms. The quantitative estimate of drug-likeness (QED) is 0.882. The zero-order valence-corrected chi connectivity index (χ0v) is 10.4. The van der Waals surface area contributed by atoms with Gasteiger partial charge in [0.2, 0.25) is 0 Å². The molecule has 1 aromatic rings. The molecule has 0 saturated heterocycles. The van der Waals surface area contributed by atoms with Gasteiger partial charge in [0.25, 0.3) is 0 Å². The molecule has 0 aliphatic carbocycles. The topological polar surface area (TPSA) is 46.2 Å². The molecular formula is C11H16FNO2S. The van der Waals surface area contributed by atoms with E-state index < -0.39 is 9.84 Å². The molecule has 0 aliphatic rings. The lowest BCUT2D eigenvalue weighted by Crippen LogP contribution is -2.25. The van der Waals surface area contributed by atoms with Gasteiger partial charge in [0.1, 0.15) is 15.7 Å². The number of sulfone groups is 1. The zero-order valence-electron chi connectivity index (χ0n) is 9.62. The second kappa shape index (κ2) is 4.82. The van der Waals surface area contributed by atoms with Crippen LogP contribution in [0.3, 0.4) is 0 Å². The van der Waals surface area contributed by atoms with Crippen molar-refractivity contribution in [3.63, 3.8) is 0 Å². The van der Waals surface area contributed by atoms with E-state index >= 15 is 0 Å². The Morgan fingerprint density at radius 1 is 1.44 bits per heavy atom. The second-order valence-corrected chi connectivity index (χ2v) is 6.26. The number of hydrogen-bond donors (Lipinski definition) is 1. The maximum atomic E-state index is 13.6. The first-order valence-corrected chi connectivity index (χ1v) is 7.05. The van der Waals surface area contributed by atoms with E-state index in [1.165, 1.54) is 0 Å². The average Bonchev–Trinajstić information content (AvgIpc) is 2.09. The van der Waals surface area contributed by atoms with Crippen molar-refractivity contribution in [3.8, 4) is 0 Å². The summed E-state index contributed by atoms with van der Waals surface area (Å²) in [5, 5.41) is 2.85. The Hall–Kier alpha value is -1.10. The monoisotopic (exact) mass is 245 g/mol. The highest BCUT2D eigenvalue weighted by Crippen LogP contribution is 2.18. The Bertz CT molecular complexity index is 471. The van der Waals surface area contributed by atoms with Gasteiger partial charge in [0, 0.05) is 12.3 Å². The van der Waals surface area contributed by atoms with Crippen molar-refractivity contribution >= 4 is 15.5 Å². The minimum Gasteiger partial charge on any atom is -0.379 e. The Kier molecular flexibility index (Phi) is 3.91. The molecule has 1 unspecified atom stereocenters. The Morgan fingerprint density at radius 2 is 2.06 bits per heavy atom. The maximum absolute atomic E-state index is 13.6. The van der Waals surface area contributed by atoms with Crippen molar-refractivity contribution < 1.29 is 12.8 Å². The van der Waals surface area contributed by atoms with Crippen LogP contribution in [-0.4, -0.2) is 26.5 Å². The third-order valence-electron chi connectivity index (χ3n) is 2.15. The zero-order chi connectivity index (χ0) is 12.3. The molecule has 5 heteroatoms. The third kappa shape index (κ3) is 3.81.